The smallest absolute Gasteiger partial charge is 0.238 e. The van der Waals surface area contributed by atoms with Crippen molar-refractivity contribution in [3.05, 3.63) is 68.9 Å². The van der Waals surface area contributed by atoms with Gasteiger partial charge in [0.15, 0.2) is 5.16 Å². The van der Waals surface area contributed by atoms with Crippen LogP contribution in [0.3, 0.4) is 0 Å². The normalized spacial score (nSPS) is 14.1. The van der Waals surface area contributed by atoms with E-state index in [-0.39, 0.29) is 27.3 Å². The Bertz CT molecular complexity index is 1640. The summed E-state index contributed by atoms with van der Waals surface area (Å²) in [7, 11) is -3.91. The van der Waals surface area contributed by atoms with Crippen LogP contribution in [0.5, 0.6) is 0 Å². The molecular weight excluding hydrogens is 621 g/mol. The van der Waals surface area contributed by atoms with Crippen LogP contribution in [-0.4, -0.2) is 34.8 Å². The summed E-state index contributed by atoms with van der Waals surface area (Å²) in [4.78, 5) is 12.5. The van der Waals surface area contributed by atoms with Crippen LogP contribution in [-0.2, 0) is 14.8 Å². The number of nitrogens with one attached hydrogen (secondary N) is 1. The van der Waals surface area contributed by atoms with Crippen molar-refractivity contribution in [2.45, 2.75) is 35.2 Å². The van der Waals surface area contributed by atoms with E-state index in [1.807, 2.05) is 24.3 Å². The second-order valence-electron chi connectivity index (χ2n) is 8.58. The first-order valence-corrected chi connectivity index (χ1v) is 15.3. The maximum absolute atomic E-state index is 12.7. The molecule has 1 aliphatic rings. The highest BCUT2D eigenvalue weighted by Gasteiger charge is 2.26. The third kappa shape index (κ3) is 5.39. The van der Waals surface area contributed by atoms with Crippen molar-refractivity contribution in [3.63, 3.8) is 0 Å². The molecule has 0 atom stereocenters. The molecule has 0 aliphatic heterocycles. The number of thioether (sulfide) groups is 1. The fourth-order valence-corrected chi connectivity index (χ4v) is 6.68. The Morgan fingerprint density at radius 1 is 1.11 bits per heavy atom. The highest BCUT2D eigenvalue weighted by Crippen LogP contribution is 2.44. The van der Waals surface area contributed by atoms with Crippen LogP contribution in [0.15, 0.2) is 63.3 Å². The van der Waals surface area contributed by atoms with Crippen molar-refractivity contribution in [1.29, 1.82) is 0 Å². The predicted octanol–water partition coefficient (Wildman–Crippen LogP) is 6.14. The molecule has 37 heavy (non-hydrogen) atoms. The van der Waals surface area contributed by atoms with E-state index >= 15 is 0 Å². The van der Waals surface area contributed by atoms with Crippen molar-refractivity contribution in [2.75, 3.05) is 11.1 Å². The molecule has 13 heteroatoms. The molecule has 3 N–H and O–H groups in total. The molecule has 1 heterocycles. The number of rotatable bonds is 7. The van der Waals surface area contributed by atoms with Gasteiger partial charge in [0.25, 0.3) is 0 Å². The maximum Gasteiger partial charge on any atom is 0.238 e. The zero-order chi connectivity index (χ0) is 26.3. The first-order chi connectivity index (χ1) is 17.6. The molecule has 1 amide bonds. The number of hydrogen-bond acceptors (Lipinski definition) is 6. The van der Waals surface area contributed by atoms with Crippen LogP contribution in [0.25, 0.3) is 16.5 Å². The second kappa shape index (κ2) is 10.5. The Kier molecular flexibility index (Phi) is 7.54. The highest BCUT2D eigenvalue weighted by atomic mass is 79.9. The van der Waals surface area contributed by atoms with Gasteiger partial charge in [0.2, 0.25) is 20.7 Å². The zero-order valence-corrected chi connectivity index (χ0v) is 23.8. The molecule has 8 nitrogen and oxygen atoms in total. The first kappa shape index (κ1) is 26.5. The fourth-order valence-electron chi connectivity index (χ4n) is 4.26. The number of amides is 1. The zero-order valence-electron chi connectivity index (χ0n) is 19.1. The molecule has 1 fully saturated rings. The van der Waals surface area contributed by atoms with Crippen molar-refractivity contribution in [1.82, 2.24) is 14.8 Å². The molecule has 1 aliphatic carbocycles. The van der Waals surface area contributed by atoms with Crippen LogP contribution in [0.4, 0.5) is 5.69 Å². The lowest BCUT2D eigenvalue weighted by Crippen LogP contribution is -2.16. The average Bonchev–Trinajstić information content (AvgIpc) is 3.17. The minimum Gasteiger partial charge on any atom is -0.324 e. The van der Waals surface area contributed by atoms with Crippen molar-refractivity contribution >= 4 is 83.3 Å². The number of nitrogens with two attached hydrogens (primary N) is 1. The lowest BCUT2D eigenvalue weighted by molar-refractivity contribution is -0.113. The van der Waals surface area contributed by atoms with Gasteiger partial charge in [-0.05, 0) is 69.9 Å². The van der Waals surface area contributed by atoms with E-state index in [0.717, 1.165) is 29.3 Å². The quantitative estimate of drug-likeness (QED) is 0.234. The van der Waals surface area contributed by atoms with Gasteiger partial charge in [-0.2, -0.15) is 0 Å². The number of nitrogens with zero attached hydrogens (tertiary/aromatic N) is 3. The number of benzene rings is 3. The topological polar surface area (TPSA) is 120 Å². The Balaban J connectivity index is 1.41. The Morgan fingerprint density at radius 3 is 2.49 bits per heavy atom. The molecule has 192 valence electrons. The summed E-state index contributed by atoms with van der Waals surface area (Å²) in [6.07, 6.45) is 3.53. The number of primary sulfonamides is 1. The molecule has 4 aromatic rings. The van der Waals surface area contributed by atoms with E-state index in [9.17, 15) is 13.2 Å². The maximum atomic E-state index is 12.7. The monoisotopic (exact) mass is 639 g/mol. The Hall–Kier alpha value is -2.15. The van der Waals surface area contributed by atoms with Gasteiger partial charge >= 0.3 is 0 Å². The average molecular weight is 641 g/mol. The van der Waals surface area contributed by atoms with Crippen molar-refractivity contribution < 1.29 is 13.2 Å². The molecule has 0 radical (unpaired) electrons. The van der Waals surface area contributed by atoms with E-state index in [4.69, 9.17) is 28.3 Å². The molecule has 0 bridgehead atoms. The van der Waals surface area contributed by atoms with Gasteiger partial charge in [-0.3, -0.25) is 9.36 Å². The lowest BCUT2D eigenvalue weighted by Gasteiger charge is -2.28. The number of aromatic nitrogens is 3. The summed E-state index contributed by atoms with van der Waals surface area (Å²) in [6, 6.07) is 14.0. The molecule has 0 spiro atoms. The third-order valence-corrected chi connectivity index (χ3v) is 9.19. The molecular formula is C24H20BrCl2N5O3S2. The number of anilines is 1. The third-order valence-electron chi connectivity index (χ3n) is 6.24. The van der Waals surface area contributed by atoms with E-state index < -0.39 is 10.0 Å². The number of sulfonamides is 1. The summed E-state index contributed by atoms with van der Waals surface area (Å²) < 4.78 is 25.3. The summed E-state index contributed by atoms with van der Waals surface area (Å²) in [5.41, 5.74) is 2.25. The molecule has 5 rings (SSSR count). The molecule has 0 unspecified atom stereocenters. The highest BCUT2D eigenvalue weighted by molar-refractivity contribution is 9.10. The van der Waals surface area contributed by atoms with Crippen LogP contribution < -0.4 is 10.5 Å². The van der Waals surface area contributed by atoms with Crippen molar-refractivity contribution in [2.24, 2.45) is 5.14 Å². The minimum absolute atomic E-state index is 0.00584. The summed E-state index contributed by atoms with van der Waals surface area (Å²) in [5, 5.41) is 19.4. The SMILES string of the molecule is NS(=O)(=O)c1ccc(NC(=O)CSc2nnc(Br)n2-c2c(Cl)cc(C3CCC3)c3ccccc23)c(Cl)c1. The summed E-state index contributed by atoms with van der Waals surface area (Å²) >= 11 is 17.6. The number of fused-ring (bicyclic) bond motifs is 1. The van der Waals surface area contributed by atoms with Crippen LogP contribution in [0.1, 0.15) is 30.7 Å². The molecule has 3 aromatic carbocycles. The standard InChI is InChI=1S/C24H20BrCl2N5O3S2/c25-23-30-31-24(36-12-21(33)29-20-9-8-14(10-18(20)26)37(28,34)35)32(23)22-16-7-2-1-6-15(16)17(11-19(22)27)13-4-3-5-13/h1-2,6-11,13H,3-5,12H2,(H,29,33)(H2,28,34,35). The van der Waals surface area contributed by atoms with E-state index in [0.29, 0.717) is 20.8 Å². The van der Waals surface area contributed by atoms with Crippen molar-refractivity contribution in [3.8, 4) is 5.69 Å². The number of carbonyl (C=O) groups excluding carboxylic acids is 1. The molecule has 0 saturated heterocycles. The van der Waals surface area contributed by atoms with Crippen LogP contribution in [0.2, 0.25) is 10.0 Å². The van der Waals surface area contributed by atoms with Gasteiger partial charge in [-0.25, -0.2) is 13.6 Å². The largest absolute Gasteiger partial charge is 0.324 e. The summed E-state index contributed by atoms with van der Waals surface area (Å²) in [5.74, 6) is 0.134. The lowest BCUT2D eigenvalue weighted by atomic mass is 9.78. The van der Waals surface area contributed by atoms with E-state index in [2.05, 4.69) is 37.5 Å². The molecule has 1 saturated carbocycles. The fraction of sp³-hybridized carbons (Fsp3) is 0.208. The van der Waals surface area contributed by atoms with E-state index in [1.165, 1.54) is 41.9 Å². The van der Waals surface area contributed by atoms with Gasteiger partial charge in [0.1, 0.15) is 0 Å². The van der Waals surface area contributed by atoms with Gasteiger partial charge in [0.05, 0.1) is 32.1 Å². The Morgan fingerprint density at radius 2 is 1.84 bits per heavy atom. The predicted molar refractivity (Wildman–Crippen MR) is 150 cm³/mol. The van der Waals surface area contributed by atoms with Crippen LogP contribution in [0, 0.1) is 0 Å². The number of halogens is 3. The number of hydrogen-bond donors (Lipinski definition) is 2. The number of carbonyl (C=O) groups is 1. The first-order valence-electron chi connectivity index (χ1n) is 11.2. The van der Waals surface area contributed by atoms with Gasteiger partial charge in [-0.15, -0.1) is 10.2 Å². The van der Waals surface area contributed by atoms with Gasteiger partial charge in [-0.1, -0.05) is 65.7 Å². The molecule has 1 aromatic heterocycles. The minimum atomic E-state index is -3.91. The van der Waals surface area contributed by atoms with Crippen LogP contribution >= 0.6 is 50.9 Å². The second-order valence-corrected chi connectivity index (χ2v) is 12.6. The van der Waals surface area contributed by atoms with E-state index in [1.54, 1.807) is 4.57 Å². The van der Waals surface area contributed by atoms with Gasteiger partial charge < -0.3 is 5.32 Å². The Labute approximate surface area is 236 Å². The van der Waals surface area contributed by atoms with Gasteiger partial charge in [0, 0.05) is 5.39 Å². The summed E-state index contributed by atoms with van der Waals surface area (Å²) in [6.45, 7) is 0.